The van der Waals surface area contributed by atoms with Gasteiger partial charge < -0.3 is 19.9 Å². The molecule has 1 amide bonds. The number of anilines is 1. The summed E-state index contributed by atoms with van der Waals surface area (Å²) in [7, 11) is 0. The minimum absolute atomic E-state index is 0.0806. The van der Waals surface area contributed by atoms with Gasteiger partial charge in [0.1, 0.15) is 19.6 Å². The Morgan fingerprint density at radius 3 is 2.53 bits per heavy atom. The van der Waals surface area contributed by atoms with Crippen LogP contribution < -0.4 is 14.8 Å². The molecule has 1 heterocycles. The van der Waals surface area contributed by atoms with Crippen molar-refractivity contribution in [3.63, 3.8) is 0 Å². The lowest BCUT2D eigenvalue weighted by Crippen LogP contribution is -2.18. The normalized spacial score (nSPS) is 12.4. The maximum atomic E-state index is 11.4. The highest BCUT2D eigenvalue weighted by molar-refractivity contribution is 6.01. The van der Waals surface area contributed by atoms with Crippen LogP contribution in [-0.4, -0.2) is 30.2 Å². The number of ether oxygens (including phenoxy) is 2. The van der Waals surface area contributed by atoms with Gasteiger partial charge in [0.05, 0.1) is 17.3 Å². The first-order valence-corrected chi connectivity index (χ1v) is 5.45. The molecule has 19 heavy (non-hydrogen) atoms. The lowest BCUT2D eigenvalue weighted by atomic mass is 10.1. The van der Waals surface area contributed by atoms with Gasteiger partial charge >= 0.3 is 5.97 Å². The molecule has 0 bridgehead atoms. The molecule has 2 N–H and O–H groups in total. The van der Waals surface area contributed by atoms with Crippen LogP contribution >= 0.6 is 0 Å². The zero-order chi connectivity index (χ0) is 13.8. The molecule has 1 aliphatic heterocycles. The van der Waals surface area contributed by atoms with Crippen LogP contribution in [0.1, 0.15) is 16.8 Å². The molecule has 0 atom stereocenters. The Balaban J connectivity index is 2.37. The average Bonchev–Trinajstić information content (AvgIpc) is 2.38. The molecule has 0 fully saturated rings. The summed E-state index contributed by atoms with van der Waals surface area (Å²) in [5.74, 6) is -1.10. The number of fused-ring (bicyclic) bond motifs is 1. The molecule has 0 saturated carbocycles. The fourth-order valence-corrected chi connectivity index (χ4v) is 1.64. The number of nitrogens with zero attached hydrogens (tertiary/aromatic N) is 1. The predicted molar refractivity (Wildman–Crippen MR) is 63.3 cm³/mol. The zero-order valence-corrected chi connectivity index (χ0v) is 9.80. The first-order valence-electron chi connectivity index (χ1n) is 5.45. The maximum absolute atomic E-state index is 11.4. The summed E-state index contributed by atoms with van der Waals surface area (Å²) in [6.07, 6.45) is -0.354. The van der Waals surface area contributed by atoms with Crippen molar-refractivity contribution in [2.24, 2.45) is 0 Å². The number of nitriles is 1. The van der Waals surface area contributed by atoms with Crippen LogP contribution in [0.2, 0.25) is 0 Å². The van der Waals surface area contributed by atoms with Crippen LogP contribution in [0, 0.1) is 11.3 Å². The van der Waals surface area contributed by atoms with Gasteiger partial charge in [-0.25, -0.2) is 4.79 Å². The minimum Gasteiger partial charge on any atom is -0.486 e. The molecule has 0 aliphatic carbocycles. The smallest absolute Gasteiger partial charge is 0.337 e. The van der Waals surface area contributed by atoms with Crippen molar-refractivity contribution >= 4 is 17.6 Å². The Morgan fingerprint density at radius 1 is 1.32 bits per heavy atom. The molecule has 0 saturated heterocycles. The third-order valence-corrected chi connectivity index (χ3v) is 2.43. The molecule has 1 aliphatic rings. The van der Waals surface area contributed by atoms with Crippen LogP contribution in [0.25, 0.3) is 0 Å². The fraction of sp³-hybridized carbons (Fsp3) is 0.250. The van der Waals surface area contributed by atoms with E-state index < -0.39 is 11.9 Å². The zero-order valence-electron chi connectivity index (χ0n) is 9.80. The van der Waals surface area contributed by atoms with Gasteiger partial charge in [-0.15, -0.1) is 0 Å². The molecular weight excluding hydrogens is 252 g/mol. The first-order chi connectivity index (χ1) is 9.11. The van der Waals surface area contributed by atoms with Crippen LogP contribution in [0.5, 0.6) is 11.5 Å². The van der Waals surface area contributed by atoms with E-state index >= 15 is 0 Å². The highest BCUT2D eigenvalue weighted by atomic mass is 16.6. The van der Waals surface area contributed by atoms with Crippen molar-refractivity contribution in [2.45, 2.75) is 6.42 Å². The van der Waals surface area contributed by atoms with Crippen LogP contribution in [0.4, 0.5) is 5.69 Å². The third kappa shape index (κ3) is 2.74. The molecule has 1 aromatic carbocycles. The number of amides is 1. The van der Waals surface area contributed by atoms with E-state index in [0.717, 1.165) is 0 Å². The van der Waals surface area contributed by atoms with Gasteiger partial charge in [-0.1, -0.05) is 0 Å². The molecule has 0 unspecified atom stereocenters. The number of hydrogen-bond donors (Lipinski definition) is 2. The number of carbonyl (C=O) groups excluding carboxylic acids is 1. The number of carbonyl (C=O) groups is 2. The van der Waals surface area contributed by atoms with Crippen molar-refractivity contribution in [1.82, 2.24) is 0 Å². The van der Waals surface area contributed by atoms with E-state index in [0.29, 0.717) is 24.7 Å². The summed E-state index contributed by atoms with van der Waals surface area (Å²) in [4.78, 5) is 22.5. The van der Waals surface area contributed by atoms with E-state index in [9.17, 15) is 9.59 Å². The van der Waals surface area contributed by atoms with E-state index in [1.54, 1.807) is 6.07 Å². The number of benzene rings is 1. The second kappa shape index (κ2) is 5.27. The Morgan fingerprint density at radius 2 is 1.95 bits per heavy atom. The molecule has 0 spiro atoms. The van der Waals surface area contributed by atoms with Gasteiger partial charge in [0.25, 0.3) is 0 Å². The van der Waals surface area contributed by atoms with E-state index in [1.807, 2.05) is 0 Å². The van der Waals surface area contributed by atoms with Crippen molar-refractivity contribution in [1.29, 1.82) is 5.26 Å². The average molecular weight is 262 g/mol. The summed E-state index contributed by atoms with van der Waals surface area (Å²) >= 11 is 0. The maximum Gasteiger partial charge on any atom is 0.337 e. The lowest BCUT2D eigenvalue weighted by Gasteiger charge is -2.20. The van der Waals surface area contributed by atoms with Gasteiger partial charge in [-0.05, 0) is 0 Å². The van der Waals surface area contributed by atoms with Gasteiger partial charge in [0.15, 0.2) is 11.5 Å². The van der Waals surface area contributed by atoms with Gasteiger partial charge in [0.2, 0.25) is 5.91 Å². The Kier molecular flexibility index (Phi) is 3.52. The number of rotatable bonds is 3. The summed E-state index contributed by atoms with van der Waals surface area (Å²) in [6.45, 7) is 0.692. The summed E-state index contributed by atoms with van der Waals surface area (Å²) in [5.41, 5.74) is -0.0347. The summed E-state index contributed by atoms with van der Waals surface area (Å²) < 4.78 is 10.6. The molecular formula is C12H10N2O5. The van der Waals surface area contributed by atoms with Crippen LogP contribution in [0.3, 0.4) is 0 Å². The van der Waals surface area contributed by atoms with Crippen LogP contribution in [-0.2, 0) is 4.79 Å². The van der Waals surface area contributed by atoms with Gasteiger partial charge in [-0.3, -0.25) is 4.79 Å². The number of nitrogens with one attached hydrogen (secondary N) is 1. The molecule has 0 radical (unpaired) electrons. The molecule has 0 aromatic heterocycles. The molecule has 98 valence electrons. The number of hydrogen-bond acceptors (Lipinski definition) is 5. The molecule has 2 rings (SSSR count). The van der Waals surface area contributed by atoms with Crippen LogP contribution in [0.15, 0.2) is 12.1 Å². The van der Waals surface area contributed by atoms with Crippen molar-refractivity contribution in [3.8, 4) is 17.6 Å². The quantitative estimate of drug-likeness (QED) is 0.841. The standard InChI is InChI=1S/C12H10N2O5/c13-2-1-11(15)14-8-6-10-9(18-3-4-19-10)5-7(8)12(16)17/h5-6H,1,3-4H2,(H,14,15)(H,16,17). The fourth-order valence-electron chi connectivity index (χ4n) is 1.64. The van der Waals surface area contributed by atoms with Crippen molar-refractivity contribution in [2.75, 3.05) is 18.5 Å². The lowest BCUT2D eigenvalue weighted by molar-refractivity contribution is -0.115. The number of aromatic carboxylic acids is 1. The monoisotopic (exact) mass is 262 g/mol. The van der Waals surface area contributed by atoms with E-state index in [-0.39, 0.29) is 17.7 Å². The topological polar surface area (TPSA) is 109 Å². The van der Waals surface area contributed by atoms with Gasteiger partial charge in [-0.2, -0.15) is 5.26 Å². The second-order valence-corrected chi connectivity index (χ2v) is 3.73. The van der Waals surface area contributed by atoms with Crippen molar-refractivity contribution in [3.05, 3.63) is 17.7 Å². The number of carboxylic acids is 1. The molecule has 1 aromatic rings. The predicted octanol–water partition coefficient (Wildman–Crippen LogP) is 1.01. The summed E-state index contributed by atoms with van der Waals surface area (Å²) in [6, 6.07) is 4.36. The van der Waals surface area contributed by atoms with Crippen molar-refractivity contribution < 1.29 is 24.2 Å². The van der Waals surface area contributed by atoms with Gasteiger partial charge in [0, 0.05) is 12.1 Å². The molecule has 7 heteroatoms. The van der Waals surface area contributed by atoms with E-state index in [2.05, 4.69) is 5.32 Å². The van der Waals surface area contributed by atoms with E-state index in [1.165, 1.54) is 12.1 Å². The third-order valence-electron chi connectivity index (χ3n) is 2.43. The Labute approximate surface area is 108 Å². The Hall–Kier alpha value is -2.75. The summed E-state index contributed by atoms with van der Waals surface area (Å²) in [5, 5.41) is 19.9. The second-order valence-electron chi connectivity index (χ2n) is 3.73. The minimum atomic E-state index is -1.20. The largest absolute Gasteiger partial charge is 0.486 e. The Bertz CT molecular complexity index is 576. The number of carboxylic acid groups (broad SMARTS) is 1. The molecule has 7 nitrogen and oxygen atoms in total. The highest BCUT2D eigenvalue weighted by Gasteiger charge is 2.20. The highest BCUT2D eigenvalue weighted by Crippen LogP contribution is 2.35. The SMILES string of the molecule is N#CCC(=O)Nc1cc2c(cc1C(=O)O)OCCO2. The first kappa shape index (κ1) is 12.7. The van der Waals surface area contributed by atoms with E-state index in [4.69, 9.17) is 19.8 Å².